The van der Waals surface area contributed by atoms with E-state index in [0.717, 1.165) is 3.57 Å². The molecule has 0 N–H and O–H groups in total. The van der Waals surface area contributed by atoms with Crippen LogP contribution in [0.5, 0.6) is 11.6 Å². The van der Waals surface area contributed by atoms with Gasteiger partial charge in [-0.2, -0.15) is 4.98 Å². The number of halogens is 3. The Morgan fingerprint density at radius 3 is 2.75 bits per heavy atom. The second kappa shape index (κ2) is 5.11. The van der Waals surface area contributed by atoms with Crippen LogP contribution in [0.2, 0.25) is 10.4 Å². The van der Waals surface area contributed by atoms with Crippen molar-refractivity contribution in [2.45, 2.75) is 0 Å². The van der Waals surface area contributed by atoms with Crippen molar-refractivity contribution in [3.05, 3.63) is 38.3 Å². The van der Waals surface area contributed by atoms with Crippen molar-refractivity contribution in [1.29, 1.82) is 0 Å². The number of aromatic nitrogens is 3. The lowest BCUT2D eigenvalue weighted by atomic mass is 10.3. The summed E-state index contributed by atoms with van der Waals surface area (Å²) in [6.07, 6.45) is 0. The minimum Gasteiger partial charge on any atom is -0.436 e. The van der Waals surface area contributed by atoms with Gasteiger partial charge >= 0.3 is 0 Å². The molecule has 0 bridgehead atoms. The zero-order chi connectivity index (χ0) is 11.5. The third-order valence-corrected chi connectivity index (χ3v) is 2.67. The summed E-state index contributed by atoms with van der Waals surface area (Å²) in [5.41, 5.74) is 0. The molecule has 0 spiro atoms. The van der Waals surface area contributed by atoms with Crippen molar-refractivity contribution in [1.82, 2.24) is 15.2 Å². The second-order valence-electron chi connectivity index (χ2n) is 2.74. The maximum absolute atomic E-state index is 5.76. The highest BCUT2D eigenvalue weighted by Crippen LogP contribution is 2.26. The lowest BCUT2D eigenvalue weighted by Gasteiger charge is -2.05. The first-order valence-electron chi connectivity index (χ1n) is 4.14. The molecule has 0 unspecified atom stereocenters. The lowest BCUT2D eigenvalue weighted by molar-refractivity contribution is 0.457. The van der Waals surface area contributed by atoms with Gasteiger partial charge in [-0.1, -0.05) is 17.7 Å². The standard InChI is InChI=1S/C9H4Cl2IN3O/c10-7-8(13-9(11)15-14-7)16-6-3-1-2-5(12)4-6/h1-4H. The normalized spacial score (nSPS) is 10.2. The van der Waals surface area contributed by atoms with Crippen LogP contribution in [0.1, 0.15) is 0 Å². The van der Waals surface area contributed by atoms with Gasteiger partial charge in [-0.3, -0.25) is 0 Å². The quantitative estimate of drug-likeness (QED) is 0.761. The molecule has 0 amide bonds. The Morgan fingerprint density at radius 2 is 2.00 bits per heavy atom. The summed E-state index contributed by atoms with van der Waals surface area (Å²) in [7, 11) is 0. The summed E-state index contributed by atoms with van der Waals surface area (Å²) < 4.78 is 6.48. The Bertz CT molecular complexity index is 524. The summed E-state index contributed by atoms with van der Waals surface area (Å²) in [6, 6.07) is 7.43. The van der Waals surface area contributed by atoms with Crippen molar-refractivity contribution in [3.8, 4) is 11.6 Å². The van der Waals surface area contributed by atoms with Crippen molar-refractivity contribution in [2.75, 3.05) is 0 Å². The van der Waals surface area contributed by atoms with Crippen LogP contribution >= 0.6 is 45.8 Å². The highest BCUT2D eigenvalue weighted by atomic mass is 127. The fraction of sp³-hybridized carbons (Fsp3) is 0. The van der Waals surface area contributed by atoms with Gasteiger partial charge in [0.05, 0.1) is 0 Å². The average Bonchev–Trinajstić information content (AvgIpc) is 2.24. The number of nitrogens with zero attached hydrogens (tertiary/aromatic N) is 3. The van der Waals surface area contributed by atoms with Crippen LogP contribution in [0.4, 0.5) is 0 Å². The molecule has 16 heavy (non-hydrogen) atoms. The van der Waals surface area contributed by atoms with E-state index in [1.165, 1.54) is 0 Å². The third-order valence-electron chi connectivity index (χ3n) is 1.60. The smallest absolute Gasteiger partial charge is 0.262 e. The molecule has 1 aromatic heterocycles. The largest absolute Gasteiger partial charge is 0.436 e. The van der Waals surface area contributed by atoms with Gasteiger partial charge in [-0.05, 0) is 52.4 Å². The first-order valence-corrected chi connectivity index (χ1v) is 5.98. The molecule has 2 rings (SSSR count). The van der Waals surface area contributed by atoms with Gasteiger partial charge in [0.1, 0.15) is 5.75 Å². The van der Waals surface area contributed by atoms with E-state index >= 15 is 0 Å². The maximum atomic E-state index is 5.76. The highest BCUT2D eigenvalue weighted by Gasteiger charge is 2.08. The van der Waals surface area contributed by atoms with Crippen molar-refractivity contribution < 1.29 is 4.74 Å². The third kappa shape index (κ3) is 2.93. The Morgan fingerprint density at radius 1 is 1.19 bits per heavy atom. The molecule has 7 heteroatoms. The number of hydrogen-bond acceptors (Lipinski definition) is 4. The molecule has 1 heterocycles. The summed E-state index contributed by atoms with van der Waals surface area (Å²) >= 11 is 13.5. The van der Waals surface area contributed by atoms with Crippen LogP contribution in [0.25, 0.3) is 0 Å². The molecular weight excluding hydrogens is 364 g/mol. The molecular formula is C9H4Cl2IN3O. The zero-order valence-electron chi connectivity index (χ0n) is 7.69. The van der Waals surface area contributed by atoms with Gasteiger partial charge < -0.3 is 4.74 Å². The average molecular weight is 368 g/mol. The molecule has 0 saturated carbocycles. The summed E-state index contributed by atoms with van der Waals surface area (Å²) in [6.45, 7) is 0. The van der Waals surface area contributed by atoms with E-state index in [-0.39, 0.29) is 16.3 Å². The minimum atomic E-state index is -0.00923. The Hall–Kier alpha value is -0.660. The first kappa shape index (κ1) is 11.8. The fourth-order valence-corrected chi connectivity index (χ4v) is 1.73. The zero-order valence-corrected chi connectivity index (χ0v) is 11.4. The van der Waals surface area contributed by atoms with Crippen LogP contribution in [-0.2, 0) is 0 Å². The molecule has 0 fully saturated rings. The van der Waals surface area contributed by atoms with Crippen molar-refractivity contribution in [3.63, 3.8) is 0 Å². The Balaban J connectivity index is 2.30. The first-order chi connectivity index (χ1) is 7.65. The van der Waals surface area contributed by atoms with Gasteiger partial charge in [0.25, 0.3) is 5.88 Å². The van der Waals surface area contributed by atoms with Crippen molar-refractivity contribution in [2.24, 2.45) is 0 Å². The van der Waals surface area contributed by atoms with E-state index < -0.39 is 0 Å². The molecule has 0 saturated heterocycles. The van der Waals surface area contributed by atoms with Crippen molar-refractivity contribution >= 4 is 45.8 Å². The fourth-order valence-electron chi connectivity index (χ4n) is 0.987. The predicted octanol–water partition coefficient (Wildman–Crippen LogP) is 3.58. The van der Waals surface area contributed by atoms with E-state index in [1.54, 1.807) is 6.07 Å². The Kier molecular flexibility index (Phi) is 3.78. The second-order valence-corrected chi connectivity index (χ2v) is 4.68. The SMILES string of the molecule is Clc1nnc(Cl)c(Oc2cccc(I)c2)n1. The van der Waals surface area contributed by atoms with E-state index in [1.807, 2.05) is 18.2 Å². The maximum Gasteiger partial charge on any atom is 0.262 e. The number of rotatable bonds is 2. The molecule has 4 nitrogen and oxygen atoms in total. The van der Waals surface area contributed by atoms with Crippen LogP contribution in [0.15, 0.2) is 24.3 Å². The number of hydrogen-bond donors (Lipinski definition) is 0. The molecule has 0 aliphatic rings. The molecule has 0 aliphatic heterocycles. The molecule has 2 aromatic rings. The van der Waals surface area contributed by atoms with Gasteiger partial charge in [0.2, 0.25) is 10.4 Å². The highest BCUT2D eigenvalue weighted by molar-refractivity contribution is 14.1. The van der Waals surface area contributed by atoms with Gasteiger partial charge in [-0.15, -0.1) is 10.2 Å². The summed E-state index contributed by atoms with van der Waals surface area (Å²) in [5.74, 6) is 0.758. The molecule has 1 aromatic carbocycles. The summed E-state index contributed by atoms with van der Waals surface area (Å²) in [4.78, 5) is 3.83. The van der Waals surface area contributed by atoms with Crippen LogP contribution in [0, 0.1) is 3.57 Å². The van der Waals surface area contributed by atoms with E-state index in [2.05, 4.69) is 37.8 Å². The molecule has 0 aliphatic carbocycles. The van der Waals surface area contributed by atoms with Gasteiger partial charge in [-0.25, -0.2) is 0 Å². The van der Waals surface area contributed by atoms with Crippen LogP contribution < -0.4 is 4.74 Å². The number of benzene rings is 1. The summed E-state index contributed by atoms with van der Waals surface area (Å²) in [5, 5.41) is 7.14. The minimum absolute atomic E-state index is 0.00923. The van der Waals surface area contributed by atoms with E-state index in [9.17, 15) is 0 Å². The van der Waals surface area contributed by atoms with Crippen LogP contribution in [0.3, 0.4) is 0 Å². The lowest BCUT2D eigenvalue weighted by Crippen LogP contribution is -1.94. The molecule has 0 atom stereocenters. The topological polar surface area (TPSA) is 47.9 Å². The van der Waals surface area contributed by atoms with Crippen LogP contribution in [-0.4, -0.2) is 15.2 Å². The van der Waals surface area contributed by atoms with Gasteiger partial charge in [0.15, 0.2) is 0 Å². The predicted molar refractivity (Wildman–Crippen MR) is 69.1 cm³/mol. The van der Waals surface area contributed by atoms with E-state index in [4.69, 9.17) is 27.9 Å². The van der Waals surface area contributed by atoms with E-state index in [0.29, 0.717) is 5.75 Å². The molecule has 82 valence electrons. The Labute approximate surface area is 115 Å². The number of ether oxygens (including phenoxy) is 1. The monoisotopic (exact) mass is 367 g/mol. The van der Waals surface area contributed by atoms with Gasteiger partial charge in [0, 0.05) is 3.57 Å². The molecule has 0 radical (unpaired) electrons.